The number of piperidine rings is 2. The number of hydrogen-bond acceptors (Lipinski definition) is 4. The van der Waals surface area contributed by atoms with Crippen molar-refractivity contribution in [1.82, 2.24) is 9.80 Å². The Bertz CT molecular complexity index is 555. The molecule has 0 radical (unpaired) electrons. The van der Waals surface area contributed by atoms with Crippen molar-refractivity contribution in [3.63, 3.8) is 0 Å². The lowest BCUT2D eigenvalue weighted by molar-refractivity contribution is -0.0376. The van der Waals surface area contributed by atoms with Gasteiger partial charge in [0.2, 0.25) is 0 Å². The summed E-state index contributed by atoms with van der Waals surface area (Å²) in [5.74, 6) is 0.268. The molecule has 25 heavy (non-hydrogen) atoms. The van der Waals surface area contributed by atoms with Crippen molar-refractivity contribution in [2.24, 2.45) is 11.3 Å². The SMILES string of the molecule is COCCN1CCC2(CC1)CCN(C(=O)c1ccccc1)C[C@@H]2CO. The monoisotopic (exact) mass is 346 g/mol. The summed E-state index contributed by atoms with van der Waals surface area (Å²) in [6.45, 7) is 5.50. The largest absolute Gasteiger partial charge is 0.396 e. The van der Waals surface area contributed by atoms with Crippen LogP contribution in [0.3, 0.4) is 0 Å². The number of hydrogen-bond donors (Lipinski definition) is 1. The van der Waals surface area contributed by atoms with Crippen LogP contribution in [-0.4, -0.2) is 73.9 Å². The van der Waals surface area contributed by atoms with Gasteiger partial charge in [0.05, 0.1) is 6.61 Å². The molecule has 1 aromatic rings. The number of aliphatic hydroxyl groups excluding tert-OH is 1. The molecule has 138 valence electrons. The summed E-state index contributed by atoms with van der Waals surface area (Å²) >= 11 is 0. The van der Waals surface area contributed by atoms with E-state index in [1.165, 1.54) is 0 Å². The third-order valence-corrected chi connectivity index (χ3v) is 6.18. The number of nitrogens with zero attached hydrogens (tertiary/aromatic N) is 2. The van der Waals surface area contributed by atoms with E-state index < -0.39 is 0 Å². The third kappa shape index (κ3) is 4.05. The molecule has 2 aliphatic rings. The molecule has 5 heteroatoms. The molecule has 0 aliphatic carbocycles. The first-order valence-corrected chi connectivity index (χ1v) is 9.35. The summed E-state index contributed by atoms with van der Waals surface area (Å²) in [6.07, 6.45) is 3.21. The normalized spacial score (nSPS) is 23.8. The van der Waals surface area contributed by atoms with Crippen LogP contribution >= 0.6 is 0 Å². The molecule has 0 bridgehead atoms. The maximum atomic E-state index is 12.7. The number of amides is 1. The summed E-state index contributed by atoms with van der Waals surface area (Å²) in [6, 6.07) is 9.47. The minimum Gasteiger partial charge on any atom is -0.396 e. The maximum absolute atomic E-state index is 12.7. The lowest BCUT2D eigenvalue weighted by atomic mass is 9.64. The molecule has 1 aromatic carbocycles. The van der Waals surface area contributed by atoms with Crippen LogP contribution in [0.2, 0.25) is 0 Å². The molecule has 0 unspecified atom stereocenters. The minimum absolute atomic E-state index is 0.0893. The Morgan fingerprint density at radius 3 is 2.52 bits per heavy atom. The van der Waals surface area contributed by atoms with Crippen molar-refractivity contribution < 1.29 is 14.6 Å². The summed E-state index contributed by atoms with van der Waals surface area (Å²) in [5, 5.41) is 10.0. The standard InChI is InChI=1S/C20H30N2O3/c1-25-14-13-21-10-7-20(8-11-21)9-12-22(15-18(20)16-23)19(24)17-5-3-2-4-6-17/h2-6,18,23H,7-16H2,1H3/t18-/m1/s1. The van der Waals surface area contributed by atoms with E-state index in [2.05, 4.69) is 4.90 Å². The molecule has 2 aliphatic heterocycles. The summed E-state index contributed by atoms with van der Waals surface area (Å²) < 4.78 is 5.18. The number of rotatable bonds is 5. The molecule has 1 spiro atoms. The van der Waals surface area contributed by atoms with E-state index in [0.29, 0.717) is 6.54 Å². The van der Waals surface area contributed by atoms with Crippen LogP contribution in [0.4, 0.5) is 0 Å². The van der Waals surface area contributed by atoms with Crippen LogP contribution < -0.4 is 0 Å². The second-order valence-electron chi connectivity index (χ2n) is 7.44. The van der Waals surface area contributed by atoms with Crippen molar-refractivity contribution in [1.29, 1.82) is 0 Å². The fourth-order valence-corrected chi connectivity index (χ4v) is 4.41. The van der Waals surface area contributed by atoms with Gasteiger partial charge >= 0.3 is 0 Å². The van der Waals surface area contributed by atoms with Crippen molar-refractivity contribution in [2.75, 3.05) is 53.0 Å². The van der Waals surface area contributed by atoms with Gasteiger partial charge in [0.15, 0.2) is 0 Å². The number of likely N-dealkylation sites (tertiary alicyclic amines) is 2. The second-order valence-corrected chi connectivity index (χ2v) is 7.44. The van der Waals surface area contributed by atoms with Gasteiger partial charge in [-0.1, -0.05) is 18.2 Å². The highest BCUT2D eigenvalue weighted by Gasteiger charge is 2.45. The molecule has 5 nitrogen and oxygen atoms in total. The predicted octanol–water partition coefficient (Wildman–Crippen LogP) is 1.87. The zero-order chi connectivity index (χ0) is 17.7. The Balaban J connectivity index is 1.62. The van der Waals surface area contributed by atoms with Crippen molar-refractivity contribution >= 4 is 5.91 Å². The Morgan fingerprint density at radius 2 is 1.88 bits per heavy atom. The number of methoxy groups -OCH3 is 1. The van der Waals surface area contributed by atoms with Gasteiger partial charge in [-0.3, -0.25) is 4.79 Å². The highest BCUT2D eigenvalue weighted by molar-refractivity contribution is 5.94. The summed E-state index contributed by atoms with van der Waals surface area (Å²) in [7, 11) is 1.74. The first-order chi connectivity index (χ1) is 12.2. The Kier molecular flexibility index (Phi) is 6.10. The number of aliphatic hydroxyl groups is 1. The number of ether oxygens (including phenoxy) is 1. The molecular weight excluding hydrogens is 316 g/mol. The minimum atomic E-state index is 0.0893. The summed E-state index contributed by atoms with van der Waals surface area (Å²) in [4.78, 5) is 17.1. The molecule has 2 saturated heterocycles. The maximum Gasteiger partial charge on any atom is 0.253 e. The van der Waals surface area contributed by atoms with Crippen molar-refractivity contribution in [3.05, 3.63) is 35.9 Å². The van der Waals surface area contributed by atoms with Crippen molar-refractivity contribution in [2.45, 2.75) is 19.3 Å². The van der Waals surface area contributed by atoms with Gasteiger partial charge in [0, 0.05) is 44.8 Å². The molecule has 1 N–H and O–H groups in total. The molecule has 2 heterocycles. The van der Waals surface area contributed by atoms with E-state index in [0.717, 1.165) is 57.6 Å². The number of carbonyl (C=O) groups is 1. The van der Waals surface area contributed by atoms with Gasteiger partial charge in [0.25, 0.3) is 5.91 Å². The van der Waals surface area contributed by atoms with E-state index in [-0.39, 0.29) is 23.8 Å². The highest BCUT2D eigenvalue weighted by Crippen LogP contribution is 2.45. The molecule has 0 aromatic heterocycles. The first kappa shape index (κ1) is 18.4. The quantitative estimate of drug-likeness (QED) is 0.884. The fraction of sp³-hybridized carbons (Fsp3) is 0.650. The van der Waals surface area contributed by atoms with Crippen LogP contribution in [-0.2, 0) is 4.74 Å². The third-order valence-electron chi connectivity index (χ3n) is 6.18. The average molecular weight is 346 g/mol. The van der Waals surface area contributed by atoms with Crippen molar-refractivity contribution in [3.8, 4) is 0 Å². The Morgan fingerprint density at radius 1 is 1.20 bits per heavy atom. The molecule has 1 atom stereocenters. The lowest BCUT2D eigenvalue weighted by Gasteiger charge is -2.51. The molecule has 2 fully saturated rings. The van der Waals surface area contributed by atoms with Crippen LogP contribution in [0, 0.1) is 11.3 Å². The van der Waals surface area contributed by atoms with Gasteiger partial charge in [-0.05, 0) is 49.9 Å². The zero-order valence-corrected chi connectivity index (χ0v) is 15.2. The summed E-state index contributed by atoms with van der Waals surface area (Å²) in [5.41, 5.74) is 0.927. The van der Waals surface area contributed by atoms with E-state index >= 15 is 0 Å². The Labute approximate surface area is 150 Å². The molecule has 3 rings (SSSR count). The van der Waals surface area contributed by atoms with Gasteiger partial charge in [-0.15, -0.1) is 0 Å². The Hall–Kier alpha value is -1.43. The van der Waals surface area contributed by atoms with Crippen LogP contribution in [0.5, 0.6) is 0 Å². The predicted molar refractivity (Wildman–Crippen MR) is 97.5 cm³/mol. The molecular formula is C20H30N2O3. The van der Waals surface area contributed by atoms with Crippen LogP contribution in [0.15, 0.2) is 30.3 Å². The molecule has 1 amide bonds. The zero-order valence-electron chi connectivity index (χ0n) is 15.2. The second kappa shape index (κ2) is 8.30. The average Bonchev–Trinajstić information content (AvgIpc) is 2.68. The van der Waals surface area contributed by atoms with Gasteiger partial charge in [-0.25, -0.2) is 0 Å². The van der Waals surface area contributed by atoms with E-state index in [1.54, 1.807) is 7.11 Å². The van der Waals surface area contributed by atoms with Gasteiger partial charge in [-0.2, -0.15) is 0 Å². The number of carbonyl (C=O) groups excluding carboxylic acids is 1. The van der Waals surface area contributed by atoms with Crippen LogP contribution in [0.1, 0.15) is 29.6 Å². The number of benzene rings is 1. The van der Waals surface area contributed by atoms with Gasteiger partial charge in [0.1, 0.15) is 0 Å². The highest BCUT2D eigenvalue weighted by atomic mass is 16.5. The topological polar surface area (TPSA) is 53.0 Å². The lowest BCUT2D eigenvalue weighted by Crippen LogP contribution is -2.54. The smallest absolute Gasteiger partial charge is 0.253 e. The van der Waals surface area contributed by atoms with E-state index in [9.17, 15) is 9.90 Å². The van der Waals surface area contributed by atoms with E-state index in [4.69, 9.17) is 4.74 Å². The fourth-order valence-electron chi connectivity index (χ4n) is 4.41. The van der Waals surface area contributed by atoms with Gasteiger partial charge < -0.3 is 19.6 Å². The van der Waals surface area contributed by atoms with E-state index in [1.807, 2.05) is 35.2 Å². The molecule has 0 saturated carbocycles. The van der Waals surface area contributed by atoms with Crippen LogP contribution in [0.25, 0.3) is 0 Å². The first-order valence-electron chi connectivity index (χ1n) is 9.35.